The standard InChI is InChI=1S/C15H21NS/c1-12-7-13(2)9-14(8-12)10-17-6-5-15(3,4)11-16/h7-9H,5-6,10H2,1-4H3. The average molecular weight is 247 g/mol. The van der Waals surface area contributed by atoms with Crippen LogP contribution in [0.15, 0.2) is 18.2 Å². The first-order valence-electron chi connectivity index (χ1n) is 5.99. The molecule has 0 bridgehead atoms. The molecule has 0 aliphatic heterocycles. The second-order valence-corrected chi connectivity index (χ2v) is 6.40. The van der Waals surface area contributed by atoms with Crippen LogP contribution in [0.3, 0.4) is 0 Å². The number of thioether (sulfide) groups is 1. The van der Waals surface area contributed by atoms with Gasteiger partial charge in [-0.25, -0.2) is 0 Å². The molecule has 0 aliphatic carbocycles. The maximum atomic E-state index is 8.92. The zero-order valence-electron chi connectivity index (χ0n) is 11.2. The summed E-state index contributed by atoms with van der Waals surface area (Å²) in [5.74, 6) is 2.09. The largest absolute Gasteiger partial charge is 0.198 e. The van der Waals surface area contributed by atoms with Crippen LogP contribution in [0.2, 0.25) is 0 Å². The molecule has 1 aromatic rings. The Labute approximate surface area is 109 Å². The zero-order chi connectivity index (χ0) is 12.9. The van der Waals surface area contributed by atoms with Crippen molar-refractivity contribution in [3.8, 4) is 6.07 Å². The third-order valence-electron chi connectivity index (χ3n) is 2.72. The molecular weight excluding hydrogens is 226 g/mol. The Morgan fingerprint density at radius 1 is 1.18 bits per heavy atom. The average Bonchev–Trinajstić information content (AvgIpc) is 2.23. The summed E-state index contributed by atoms with van der Waals surface area (Å²) in [5, 5.41) is 8.92. The molecule has 0 heterocycles. The lowest BCUT2D eigenvalue weighted by molar-refractivity contribution is 0.482. The van der Waals surface area contributed by atoms with Gasteiger partial charge in [0.1, 0.15) is 0 Å². The van der Waals surface area contributed by atoms with Crippen molar-refractivity contribution in [1.82, 2.24) is 0 Å². The van der Waals surface area contributed by atoms with Crippen molar-refractivity contribution in [2.45, 2.75) is 39.9 Å². The fourth-order valence-electron chi connectivity index (χ4n) is 1.73. The molecule has 0 amide bonds. The molecule has 0 aliphatic rings. The molecule has 1 rings (SSSR count). The highest BCUT2D eigenvalue weighted by Crippen LogP contribution is 2.23. The van der Waals surface area contributed by atoms with E-state index in [1.807, 2.05) is 25.6 Å². The molecule has 0 radical (unpaired) electrons. The van der Waals surface area contributed by atoms with Crippen LogP contribution in [0, 0.1) is 30.6 Å². The highest BCUT2D eigenvalue weighted by atomic mass is 32.2. The molecule has 0 N–H and O–H groups in total. The minimum atomic E-state index is -0.185. The van der Waals surface area contributed by atoms with E-state index in [-0.39, 0.29) is 5.41 Å². The van der Waals surface area contributed by atoms with E-state index in [1.54, 1.807) is 0 Å². The van der Waals surface area contributed by atoms with Crippen molar-refractivity contribution in [1.29, 1.82) is 5.26 Å². The molecule has 0 unspecified atom stereocenters. The first-order chi connectivity index (χ1) is 7.93. The summed E-state index contributed by atoms with van der Waals surface area (Å²) in [6.45, 7) is 8.29. The number of nitriles is 1. The van der Waals surface area contributed by atoms with Crippen LogP contribution in [0.1, 0.15) is 37.0 Å². The van der Waals surface area contributed by atoms with E-state index in [2.05, 4.69) is 38.1 Å². The van der Waals surface area contributed by atoms with E-state index in [1.165, 1.54) is 16.7 Å². The molecule has 17 heavy (non-hydrogen) atoms. The predicted molar refractivity (Wildman–Crippen MR) is 76.1 cm³/mol. The number of nitrogens with zero attached hydrogens (tertiary/aromatic N) is 1. The van der Waals surface area contributed by atoms with Crippen LogP contribution in [-0.4, -0.2) is 5.75 Å². The Kier molecular flexibility index (Phi) is 5.08. The van der Waals surface area contributed by atoms with Gasteiger partial charge in [0.25, 0.3) is 0 Å². The third kappa shape index (κ3) is 5.28. The Balaban J connectivity index is 2.39. The molecule has 0 fully saturated rings. The fraction of sp³-hybridized carbons (Fsp3) is 0.533. The Bertz CT molecular complexity index is 395. The minimum absolute atomic E-state index is 0.185. The van der Waals surface area contributed by atoms with Crippen molar-refractivity contribution in [3.05, 3.63) is 34.9 Å². The van der Waals surface area contributed by atoms with Crippen LogP contribution in [0.25, 0.3) is 0 Å². The molecule has 0 spiro atoms. The van der Waals surface area contributed by atoms with Crippen molar-refractivity contribution in [2.24, 2.45) is 5.41 Å². The van der Waals surface area contributed by atoms with E-state index in [4.69, 9.17) is 5.26 Å². The summed E-state index contributed by atoms with van der Waals surface area (Å²) in [7, 11) is 0. The van der Waals surface area contributed by atoms with Crippen molar-refractivity contribution < 1.29 is 0 Å². The zero-order valence-corrected chi connectivity index (χ0v) is 12.0. The van der Waals surface area contributed by atoms with E-state index < -0.39 is 0 Å². The van der Waals surface area contributed by atoms with Crippen molar-refractivity contribution >= 4 is 11.8 Å². The van der Waals surface area contributed by atoms with Crippen LogP contribution in [-0.2, 0) is 5.75 Å². The summed E-state index contributed by atoms with van der Waals surface area (Å²) < 4.78 is 0. The molecule has 2 heteroatoms. The predicted octanol–water partition coefficient (Wildman–Crippen LogP) is 4.48. The summed E-state index contributed by atoms with van der Waals surface area (Å²) >= 11 is 1.91. The highest BCUT2D eigenvalue weighted by Gasteiger charge is 2.15. The molecule has 1 aromatic carbocycles. The lowest BCUT2D eigenvalue weighted by Gasteiger charge is -2.14. The number of hydrogen-bond donors (Lipinski definition) is 0. The topological polar surface area (TPSA) is 23.8 Å². The van der Waals surface area contributed by atoms with E-state index >= 15 is 0 Å². The number of rotatable bonds is 5. The maximum absolute atomic E-state index is 8.92. The van der Waals surface area contributed by atoms with E-state index in [9.17, 15) is 0 Å². The van der Waals surface area contributed by atoms with Gasteiger partial charge >= 0.3 is 0 Å². The summed E-state index contributed by atoms with van der Waals surface area (Å²) in [6.07, 6.45) is 0.957. The fourth-order valence-corrected chi connectivity index (χ4v) is 2.93. The summed E-state index contributed by atoms with van der Waals surface area (Å²) in [5.41, 5.74) is 3.87. The van der Waals surface area contributed by atoms with Gasteiger partial charge in [-0.2, -0.15) is 17.0 Å². The van der Waals surface area contributed by atoms with Gasteiger partial charge in [-0.05, 0) is 45.4 Å². The van der Waals surface area contributed by atoms with Gasteiger partial charge in [0.05, 0.1) is 11.5 Å². The van der Waals surface area contributed by atoms with Gasteiger partial charge in [0.15, 0.2) is 0 Å². The highest BCUT2D eigenvalue weighted by molar-refractivity contribution is 7.98. The minimum Gasteiger partial charge on any atom is -0.198 e. The first-order valence-corrected chi connectivity index (χ1v) is 7.14. The van der Waals surface area contributed by atoms with Gasteiger partial charge < -0.3 is 0 Å². The van der Waals surface area contributed by atoms with Crippen molar-refractivity contribution in [2.75, 3.05) is 5.75 Å². The number of aryl methyl sites for hydroxylation is 2. The maximum Gasteiger partial charge on any atom is 0.0684 e. The first kappa shape index (κ1) is 14.1. The van der Waals surface area contributed by atoms with Crippen LogP contribution < -0.4 is 0 Å². The lowest BCUT2D eigenvalue weighted by Crippen LogP contribution is -2.08. The van der Waals surface area contributed by atoms with E-state index in [0.717, 1.165) is 17.9 Å². The second kappa shape index (κ2) is 6.12. The quantitative estimate of drug-likeness (QED) is 0.716. The molecule has 1 nitrogen and oxygen atoms in total. The molecular formula is C15H21NS. The van der Waals surface area contributed by atoms with Crippen molar-refractivity contribution in [3.63, 3.8) is 0 Å². The summed E-state index contributed by atoms with van der Waals surface area (Å²) in [6, 6.07) is 9.04. The molecule has 92 valence electrons. The SMILES string of the molecule is Cc1cc(C)cc(CSCCC(C)(C)C#N)c1. The van der Waals surface area contributed by atoms with E-state index in [0.29, 0.717) is 0 Å². The van der Waals surface area contributed by atoms with Gasteiger partial charge in [0.2, 0.25) is 0 Å². The number of benzene rings is 1. The van der Waals surface area contributed by atoms with Crippen LogP contribution in [0.5, 0.6) is 0 Å². The molecule has 0 aromatic heterocycles. The smallest absolute Gasteiger partial charge is 0.0684 e. The lowest BCUT2D eigenvalue weighted by atomic mass is 9.93. The van der Waals surface area contributed by atoms with Crippen LogP contribution >= 0.6 is 11.8 Å². The van der Waals surface area contributed by atoms with Gasteiger partial charge in [-0.3, -0.25) is 0 Å². The normalized spacial score (nSPS) is 11.2. The Hall–Kier alpha value is -0.940. The molecule has 0 saturated carbocycles. The third-order valence-corrected chi connectivity index (χ3v) is 3.75. The number of hydrogen-bond acceptors (Lipinski definition) is 2. The second-order valence-electron chi connectivity index (χ2n) is 5.29. The monoisotopic (exact) mass is 247 g/mol. The summed E-state index contributed by atoms with van der Waals surface area (Å²) in [4.78, 5) is 0. The molecule has 0 saturated heterocycles. The van der Waals surface area contributed by atoms with Crippen LogP contribution in [0.4, 0.5) is 0 Å². The molecule has 0 atom stereocenters. The Morgan fingerprint density at radius 2 is 1.76 bits per heavy atom. The van der Waals surface area contributed by atoms with Gasteiger partial charge in [-0.15, -0.1) is 0 Å². The van der Waals surface area contributed by atoms with Gasteiger partial charge in [0, 0.05) is 5.75 Å². The van der Waals surface area contributed by atoms with Gasteiger partial charge in [-0.1, -0.05) is 29.3 Å². The Morgan fingerprint density at radius 3 is 2.29 bits per heavy atom.